The van der Waals surface area contributed by atoms with Gasteiger partial charge in [0.1, 0.15) is 25.2 Å². The van der Waals surface area contributed by atoms with Crippen LogP contribution in [0.1, 0.15) is 54.4 Å². The molecule has 32 heavy (non-hydrogen) atoms. The van der Waals surface area contributed by atoms with E-state index in [-0.39, 0.29) is 0 Å². The van der Waals surface area contributed by atoms with Crippen LogP contribution in [-0.4, -0.2) is 19.4 Å². The highest BCUT2D eigenvalue weighted by Crippen LogP contribution is 2.44. The summed E-state index contributed by atoms with van der Waals surface area (Å²) in [5.74, 6) is 2.28. The van der Waals surface area contributed by atoms with Crippen molar-refractivity contribution in [1.29, 1.82) is 0 Å². The first-order chi connectivity index (χ1) is 15.8. The number of aryl methyl sites for hydroxylation is 1. The molecule has 0 amide bonds. The molecule has 3 aromatic carbocycles. The lowest BCUT2D eigenvalue weighted by atomic mass is 9.67. The van der Waals surface area contributed by atoms with Crippen LogP contribution in [0, 0.1) is 5.92 Å². The summed E-state index contributed by atoms with van der Waals surface area (Å²) in [6, 6.07) is 27.9. The molecule has 3 aromatic rings. The molecule has 3 heteroatoms. The van der Waals surface area contributed by atoms with Crippen molar-refractivity contribution in [2.24, 2.45) is 11.1 Å². The topological polar surface area (TPSA) is 30.8 Å². The van der Waals surface area contributed by atoms with Gasteiger partial charge in [-0.1, -0.05) is 85.2 Å². The van der Waals surface area contributed by atoms with Crippen LogP contribution in [0.25, 0.3) is 0 Å². The van der Waals surface area contributed by atoms with Crippen molar-refractivity contribution < 1.29 is 9.57 Å². The molecular weight excluding hydrogens is 394 g/mol. The summed E-state index contributed by atoms with van der Waals surface area (Å²) in [6.07, 6.45) is 6.13. The molecule has 0 heterocycles. The predicted molar refractivity (Wildman–Crippen MR) is 132 cm³/mol. The van der Waals surface area contributed by atoms with Gasteiger partial charge in [-0.2, -0.15) is 0 Å². The highest BCUT2D eigenvalue weighted by molar-refractivity contribution is 6.01. The minimum absolute atomic E-state index is 0.371. The average Bonchev–Trinajstić information content (AvgIpc) is 2.82. The van der Waals surface area contributed by atoms with Gasteiger partial charge in [-0.3, -0.25) is 0 Å². The average molecular weight is 428 g/mol. The minimum Gasteiger partial charge on any atom is -0.487 e. The number of rotatable bonds is 10. The minimum atomic E-state index is 0.371. The molecule has 1 aliphatic carbocycles. The van der Waals surface area contributed by atoms with Crippen molar-refractivity contribution in [2.75, 3.05) is 13.7 Å². The van der Waals surface area contributed by atoms with Crippen molar-refractivity contribution in [3.05, 3.63) is 101 Å². The third kappa shape index (κ3) is 5.59. The van der Waals surface area contributed by atoms with Gasteiger partial charge in [-0.15, -0.1) is 0 Å². The molecule has 166 valence electrons. The van der Waals surface area contributed by atoms with Crippen LogP contribution in [-0.2, 0) is 17.7 Å². The molecule has 0 saturated heterocycles. The van der Waals surface area contributed by atoms with Crippen molar-refractivity contribution in [2.45, 2.75) is 44.9 Å². The van der Waals surface area contributed by atoms with E-state index in [1.54, 1.807) is 7.11 Å². The second-order valence-electron chi connectivity index (χ2n) is 8.66. The second kappa shape index (κ2) is 11.0. The van der Waals surface area contributed by atoms with E-state index < -0.39 is 0 Å². The fourth-order valence-electron chi connectivity index (χ4n) is 4.55. The normalized spacial score (nSPS) is 18.1. The van der Waals surface area contributed by atoms with Crippen LogP contribution in [0.15, 0.2) is 84.0 Å². The highest BCUT2D eigenvalue weighted by Gasteiger charge is 2.31. The molecule has 2 unspecified atom stereocenters. The first-order valence-corrected chi connectivity index (χ1v) is 11.7. The summed E-state index contributed by atoms with van der Waals surface area (Å²) in [7, 11) is 1.56. The van der Waals surface area contributed by atoms with Crippen LogP contribution >= 0.6 is 0 Å². The van der Waals surface area contributed by atoms with Gasteiger partial charge >= 0.3 is 0 Å². The fourth-order valence-corrected chi connectivity index (χ4v) is 4.55. The number of ether oxygens (including phenoxy) is 1. The maximum absolute atomic E-state index is 5.99. The Labute approximate surface area is 192 Å². The summed E-state index contributed by atoms with van der Waals surface area (Å²) in [6.45, 7) is 2.61. The molecule has 1 fully saturated rings. The zero-order valence-corrected chi connectivity index (χ0v) is 19.2. The molecule has 1 saturated carbocycles. The number of hydrogen-bond acceptors (Lipinski definition) is 3. The number of hydrogen-bond donors (Lipinski definition) is 0. The van der Waals surface area contributed by atoms with Gasteiger partial charge in [-0.05, 0) is 66.3 Å². The van der Waals surface area contributed by atoms with Crippen molar-refractivity contribution in [3.8, 4) is 5.75 Å². The zero-order valence-electron chi connectivity index (χ0n) is 19.2. The van der Waals surface area contributed by atoms with Crippen LogP contribution < -0.4 is 4.74 Å². The van der Waals surface area contributed by atoms with E-state index in [4.69, 9.17) is 9.57 Å². The van der Waals surface area contributed by atoms with E-state index in [9.17, 15) is 0 Å². The van der Waals surface area contributed by atoms with Crippen LogP contribution in [0.3, 0.4) is 0 Å². The van der Waals surface area contributed by atoms with Crippen LogP contribution in [0.2, 0.25) is 0 Å². The summed E-state index contributed by atoms with van der Waals surface area (Å²) < 4.78 is 5.99. The Morgan fingerprint density at radius 3 is 2.22 bits per heavy atom. The molecule has 0 bridgehead atoms. The molecule has 0 aromatic heterocycles. The van der Waals surface area contributed by atoms with E-state index >= 15 is 0 Å². The maximum Gasteiger partial charge on any atom is 0.134 e. The first kappa shape index (κ1) is 22.1. The summed E-state index contributed by atoms with van der Waals surface area (Å²) in [5.41, 5.74) is 6.12. The first-order valence-electron chi connectivity index (χ1n) is 11.7. The van der Waals surface area contributed by atoms with Gasteiger partial charge in [0.05, 0.1) is 0 Å². The molecular formula is C29H33NO2. The standard InChI is InChI=1S/C29H33NO2/c1-3-7-22-10-14-24(15-11-22)28-19-16-26(28)20-23-12-17-27(18-13-23)32-21-29(30-31-2)25-8-5-4-6-9-25/h4-6,8-15,17-18,26,28H,3,7,16,19-21H2,1-2H3/b30-29+. The zero-order chi connectivity index (χ0) is 22.2. The number of nitrogens with zero attached hydrogens (tertiary/aromatic N) is 1. The van der Waals surface area contributed by atoms with Gasteiger partial charge in [0.2, 0.25) is 0 Å². The smallest absolute Gasteiger partial charge is 0.134 e. The van der Waals surface area contributed by atoms with E-state index in [2.05, 4.69) is 60.6 Å². The molecule has 1 aliphatic rings. The lowest BCUT2D eigenvalue weighted by molar-refractivity contribution is 0.210. The maximum atomic E-state index is 5.99. The lowest BCUT2D eigenvalue weighted by Gasteiger charge is -2.37. The van der Waals surface area contributed by atoms with E-state index in [1.807, 2.05) is 30.3 Å². The Kier molecular flexibility index (Phi) is 7.60. The van der Waals surface area contributed by atoms with E-state index in [0.29, 0.717) is 12.5 Å². The van der Waals surface area contributed by atoms with E-state index in [0.717, 1.165) is 29.4 Å². The van der Waals surface area contributed by atoms with Crippen molar-refractivity contribution in [1.82, 2.24) is 0 Å². The molecule has 2 atom stereocenters. The van der Waals surface area contributed by atoms with Gasteiger partial charge in [-0.25, -0.2) is 0 Å². The van der Waals surface area contributed by atoms with Gasteiger partial charge < -0.3 is 9.57 Å². The third-order valence-electron chi connectivity index (χ3n) is 6.47. The third-order valence-corrected chi connectivity index (χ3v) is 6.47. The van der Waals surface area contributed by atoms with Crippen LogP contribution in [0.5, 0.6) is 5.75 Å². The fraction of sp³-hybridized carbons (Fsp3) is 0.345. The van der Waals surface area contributed by atoms with E-state index in [1.165, 1.54) is 42.4 Å². The Hall–Kier alpha value is -3.07. The Balaban J connectivity index is 1.32. The monoisotopic (exact) mass is 427 g/mol. The van der Waals surface area contributed by atoms with Gasteiger partial charge in [0, 0.05) is 5.56 Å². The lowest BCUT2D eigenvalue weighted by Crippen LogP contribution is -2.25. The quantitative estimate of drug-likeness (QED) is 0.263. The van der Waals surface area contributed by atoms with Gasteiger partial charge in [0.15, 0.2) is 0 Å². The Morgan fingerprint density at radius 1 is 0.875 bits per heavy atom. The Bertz CT molecular complexity index is 994. The van der Waals surface area contributed by atoms with Crippen molar-refractivity contribution >= 4 is 5.71 Å². The predicted octanol–water partition coefficient (Wildman–Crippen LogP) is 6.80. The summed E-state index contributed by atoms with van der Waals surface area (Å²) in [4.78, 5) is 5.00. The largest absolute Gasteiger partial charge is 0.487 e. The molecule has 0 radical (unpaired) electrons. The van der Waals surface area contributed by atoms with Crippen molar-refractivity contribution in [3.63, 3.8) is 0 Å². The second-order valence-corrected chi connectivity index (χ2v) is 8.66. The Morgan fingerprint density at radius 2 is 1.59 bits per heavy atom. The molecule has 0 N–H and O–H groups in total. The summed E-state index contributed by atoms with van der Waals surface area (Å²) in [5, 5.41) is 4.13. The molecule has 0 spiro atoms. The SMILES string of the molecule is CCCc1ccc(C2CCC2Cc2ccc(OC/C(=N\OC)c3ccccc3)cc2)cc1. The molecule has 3 nitrogen and oxygen atoms in total. The van der Waals surface area contributed by atoms with Gasteiger partial charge in [0.25, 0.3) is 0 Å². The molecule has 4 rings (SSSR count). The number of benzene rings is 3. The van der Waals surface area contributed by atoms with Crippen LogP contribution in [0.4, 0.5) is 0 Å². The summed E-state index contributed by atoms with van der Waals surface area (Å²) >= 11 is 0. The highest BCUT2D eigenvalue weighted by atomic mass is 16.6. The number of oxime groups is 1. The molecule has 0 aliphatic heterocycles.